The molecule has 2 aliphatic rings. The maximum atomic E-state index is 13.5. The molecule has 7 heteroatoms. The summed E-state index contributed by atoms with van der Waals surface area (Å²) >= 11 is 0. The first-order valence-corrected chi connectivity index (χ1v) is 6.93. The van der Waals surface area contributed by atoms with Gasteiger partial charge in [0.25, 0.3) is 0 Å². The number of aromatic nitrogens is 1. The first-order valence-electron chi connectivity index (χ1n) is 6.93. The minimum absolute atomic E-state index is 0.0255. The largest absolute Gasteiger partial charge is 0.481 e. The molecule has 0 amide bonds. The lowest BCUT2D eigenvalue weighted by Crippen LogP contribution is -2.69. The van der Waals surface area contributed by atoms with Crippen LogP contribution < -0.4 is 4.74 Å². The fourth-order valence-corrected chi connectivity index (χ4v) is 3.48. The zero-order valence-corrected chi connectivity index (χ0v) is 12.0. The molecule has 1 aromatic heterocycles. The number of hydrogen-bond donors (Lipinski definition) is 0. The van der Waals surface area contributed by atoms with Crippen molar-refractivity contribution >= 4 is 0 Å². The Morgan fingerprint density at radius 2 is 1.95 bits per heavy atom. The van der Waals surface area contributed by atoms with Crippen LogP contribution in [-0.4, -0.2) is 60.3 Å². The molecule has 3 heterocycles. The van der Waals surface area contributed by atoms with E-state index < -0.39 is 12.2 Å². The van der Waals surface area contributed by atoms with Gasteiger partial charge in [0.2, 0.25) is 5.88 Å². The monoisotopic (exact) mass is 301 g/mol. The second-order valence-corrected chi connectivity index (χ2v) is 5.79. The third-order valence-corrected chi connectivity index (χ3v) is 4.32. The highest BCUT2D eigenvalue weighted by molar-refractivity contribution is 5.24. The van der Waals surface area contributed by atoms with E-state index in [1.807, 2.05) is 7.05 Å². The lowest BCUT2D eigenvalue weighted by Gasteiger charge is -2.58. The maximum absolute atomic E-state index is 13.5. The van der Waals surface area contributed by atoms with Crippen LogP contribution in [0.5, 0.6) is 5.88 Å². The molecule has 0 N–H and O–H groups in total. The SMILES string of the molecule is COc1ccc(C(N2C3CC2CN(C)C3)C(F)(F)F)cn1. The average molecular weight is 301 g/mol. The molecule has 0 spiro atoms. The smallest absolute Gasteiger partial charge is 0.408 e. The van der Waals surface area contributed by atoms with Crippen LogP contribution in [0, 0.1) is 0 Å². The van der Waals surface area contributed by atoms with E-state index in [1.165, 1.54) is 25.4 Å². The quantitative estimate of drug-likeness (QED) is 0.855. The first-order chi connectivity index (χ1) is 9.90. The van der Waals surface area contributed by atoms with Gasteiger partial charge in [-0.05, 0) is 19.0 Å². The van der Waals surface area contributed by atoms with Crippen molar-refractivity contribution in [1.29, 1.82) is 0 Å². The van der Waals surface area contributed by atoms with E-state index in [4.69, 9.17) is 4.74 Å². The predicted molar refractivity (Wildman–Crippen MR) is 71.1 cm³/mol. The highest BCUT2D eigenvalue weighted by Crippen LogP contribution is 2.46. The lowest BCUT2D eigenvalue weighted by molar-refractivity contribution is -0.230. The van der Waals surface area contributed by atoms with Gasteiger partial charge in [-0.1, -0.05) is 6.07 Å². The number of fused-ring (bicyclic) bond motifs is 2. The van der Waals surface area contributed by atoms with Gasteiger partial charge in [0, 0.05) is 37.4 Å². The molecule has 0 saturated carbocycles. The van der Waals surface area contributed by atoms with E-state index in [9.17, 15) is 13.2 Å². The second-order valence-electron chi connectivity index (χ2n) is 5.79. The van der Waals surface area contributed by atoms with E-state index >= 15 is 0 Å². The normalized spacial score (nSPS) is 28.0. The minimum atomic E-state index is -4.30. The van der Waals surface area contributed by atoms with Gasteiger partial charge < -0.3 is 9.64 Å². The molecule has 2 bridgehead atoms. The zero-order valence-electron chi connectivity index (χ0n) is 12.0. The number of alkyl halides is 3. The summed E-state index contributed by atoms with van der Waals surface area (Å²) < 4.78 is 45.6. The van der Waals surface area contributed by atoms with Crippen molar-refractivity contribution in [2.45, 2.75) is 30.7 Å². The number of piperidine rings is 1. The Balaban J connectivity index is 1.88. The standard InChI is InChI=1S/C14H18F3N3O/c1-19-7-10-5-11(8-19)20(10)13(14(15,16)17)9-3-4-12(21-2)18-6-9/h3-4,6,10-11,13H,5,7-8H2,1-2H3. The molecule has 0 radical (unpaired) electrons. The number of ether oxygens (including phenoxy) is 1. The summed E-state index contributed by atoms with van der Waals surface area (Å²) in [6.07, 6.45) is -2.18. The Kier molecular flexibility index (Phi) is 3.57. The van der Waals surface area contributed by atoms with Crippen LogP contribution in [0.2, 0.25) is 0 Å². The van der Waals surface area contributed by atoms with E-state index in [0.717, 1.165) is 6.42 Å². The number of hydrogen-bond acceptors (Lipinski definition) is 4. The lowest BCUT2D eigenvalue weighted by atomic mass is 9.84. The maximum Gasteiger partial charge on any atom is 0.408 e. The number of likely N-dealkylation sites (N-methyl/N-ethyl adjacent to an activating group) is 1. The minimum Gasteiger partial charge on any atom is -0.481 e. The van der Waals surface area contributed by atoms with Gasteiger partial charge in [-0.25, -0.2) is 4.98 Å². The van der Waals surface area contributed by atoms with Gasteiger partial charge >= 0.3 is 6.18 Å². The van der Waals surface area contributed by atoms with Crippen LogP contribution in [-0.2, 0) is 0 Å². The Morgan fingerprint density at radius 3 is 2.43 bits per heavy atom. The third-order valence-electron chi connectivity index (χ3n) is 4.32. The number of halogens is 3. The van der Waals surface area contributed by atoms with Crippen molar-refractivity contribution in [2.24, 2.45) is 0 Å². The summed E-state index contributed by atoms with van der Waals surface area (Å²) in [5.41, 5.74) is 0.183. The van der Waals surface area contributed by atoms with Gasteiger partial charge in [-0.2, -0.15) is 13.2 Å². The van der Waals surface area contributed by atoms with E-state index in [0.29, 0.717) is 19.0 Å². The Bertz CT molecular complexity index is 493. The molecule has 3 unspecified atom stereocenters. The molecule has 116 valence electrons. The number of pyridine rings is 1. The molecule has 21 heavy (non-hydrogen) atoms. The highest BCUT2D eigenvalue weighted by Gasteiger charge is 2.55. The predicted octanol–water partition coefficient (Wildman–Crippen LogP) is 2.08. The summed E-state index contributed by atoms with van der Waals surface area (Å²) in [5.74, 6) is 0.322. The molecule has 0 aromatic carbocycles. The Hall–Kier alpha value is -1.34. The Labute approximate surface area is 121 Å². The summed E-state index contributed by atoms with van der Waals surface area (Å²) in [4.78, 5) is 7.61. The first kappa shape index (κ1) is 14.6. The number of rotatable bonds is 3. The van der Waals surface area contributed by atoms with Gasteiger partial charge in [-0.3, -0.25) is 4.90 Å². The van der Waals surface area contributed by atoms with Crippen molar-refractivity contribution in [1.82, 2.24) is 14.8 Å². The highest BCUT2D eigenvalue weighted by atomic mass is 19.4. The molecule has 3 rings (SSSR count). The van der Waals surface area contributed by atoms with Crippen LogP contribution in [0.3, 0.4) is 0 Å². The number of likely N-dealkylation sites (tertiary alicyclic amines) is 2. The number of piperazine rings is 1. The second kappa shape index (κ2) is 5.14. The van der Waals surface area contributed by atoms with Crippen LogP contribution >= 0.6 is 0 Å². The molecule has 3 atom stereocenters. The van der Waals surface area contributed by atoms with Gasteiger partial charge in [-0.15, -0.1) is 0 Å². The third kappa shape index (κ3) is 2.60. The topological polar surface area (TPSA) is 28.6 Å². The molecule has 2 fully saturated rings. The molecule has 2 aliphatic heterocycles. The van der Waals surface area contributed by atoms with E-state index in [1.54, 1.807) is 4.90 Å². The van der Waals surface area contributed by atoms with Crippen LogP contribution in [0.1, 0.15) is 18.0 Å². The van der Waals surface area contributed by atoms with Crippen molar-refractivity contribution in [3.63, 3.8) is 0 Å². The summed E-state index contributed by atoms with van der Waals surface area (Å²) in [7, 11) is 3.40. The molecule has 0 aliphatic carbocycles. The molecule has 1 aromatic rings. The molecule has 4 nitrogen and oxygen atoms in total. The van der Waals surface area contributed by atoms with Crippen molar-refractivity contribution in [3.8, 4) is 5.88 Å². The molecular weight excluding hydrogens is 283 g/mol. The number of nitrogens with zero attached hydrogens (tertiary/aromatic N) is 3. The van der Waals surface area contributed by atoms with Crippen molar-refractivity contribution in [3.05, 3.63) is 23.9 Å². The van der Waals surface area contributed by atoms with Gasteiger partial charge in [0.1, 0.15) is 6.04 Å². The van der Waals surface area contributed by atoms with E-state index in [2.05, 4.69) is 9.88 Å². The summed E-state index contributed by atoms with van der Waals surface area (Å²) in [5, 5.41) is 0. The average Bonchev–Trinajstić information content (AvgIpc) is 2.43. The zero-order chi connectivity index (χ0) is 15.2. The summed E-state index contributed by atoms with van der Waals surface area (Å²) in [6.45, 7) is 1.37. The molecule has 2 saturated heterocycles. The van der Waals surface area contributed by atoms with E-state index in [-0.39, 0.29) is 17.6 Å². The van der Waals surface area contributed by atoms with Crippen molar-refractivity contribution in [2.75, 3.05) is 27.2 Å². The fraction of sp³-hybridized carbons (Fsp3) is 0.643. The van der Waals surface area contributed by atoms with Gasteiger partial charge in [0.15, 0.2) is 0 Å². The van der Waals surface area contributed by atoms with Crippen LogP contribution in [0.4, 0.5) is 13.2 Å². The molecular formula is C14H18F3N3O. The Morgan fingerprint density at radius 1 is 1.29 bits per heavy atom. The fourth-order valence-electron chi connectivity index (χ4n) is 3.48. The summed E-state index contributed by atoms with van der Waals surface area (Å²) in [6, 6.07) is 1.32. The number of methoxy groups -OCH3 is 1. The van der Waals surface area contributed by atoms with Crippen LogP contribution in [0.25, 0.3) is 0 Å². The van der Waals surface area contributed by atoms with Crippen LogP contribution in [0.15, 0.2) is 18.3 Å². The van der Waals surface area contributed by atoms with Crippen molar-refractivity contribution < 1.29 is 17.9 Å². The van der Waals surface area contributed by atoms with Gasteiger partial charge in [0.05, 0.1) is 7.11 Å².